The number of ether oxygens (including phenoxy) is 1. The lowest BCUT2D eigenvalue weighted by Crippen LogP contribution is -2.36. The van der Waals surface area contributed by atoms with E-state index in [4.69, 9.17) is 4.74 Å². The highest BCUT2D eigenvalue weighted by Crippen LogP contribution is 2.26. The van der Waals surface area contributed by atoms with Gasteiger partial charge in [-0.1, -0.05) is 37.9 Å². The van der Waals surface area contributed by atoms with E-state index in [9.17, 15) is 4.79 Å². The molecule has 1 amide bonds. The fraction of sp³-hybridized carbons (Fsp3) is 0.462. The number of hydrogen-bond donors (Lipinski definition) is 2. The topological polar surface area (TPSA) is 50.4 Å². The highest BCUT2D eigenvalue weighted by molar-refractivity contribution is 9.11. The van der Waals surface area contributed by atoms with Gasteiger partial charge in [0.05, 0.1) is 13.2 Å². The van der Waals surface area contributed by atoms with Gasteiger partial charge in [0.2, 0.25) is 5.91 Å². The quantitative estimate of drug-likeness (QED) is 0.700. The van der Waals surface area contributed by atoms with E-state index in [2.05, 4.69) is 42.5 Å². The molecule has 1 unspecified atom stereocenters. The second-order valence-corrected chi connectivity index (χ2v) is 5.88. The number of carbonyl (C=O) groups is 1. The molecule has 0 saturated carbocycles. The molecule has 0 aromatic heterocycles. The van der Waals surface area contributed by atoms with Crippen LogP contribution in [0.5, 0.6) is 0 Å². The summed E-state index contributed by atoms with van der Waals surface area (Å²) in [6.45, 7) is 3.37. The number of benzene rings is 1. The predicted octanol–water partition coefficient (Wildman–Crippen LogP) is 2.62. The third kappa shape index (κ3) is 6.03. The normalized spacial score (nSPS) is 12.2. The Morgan fingerprint density at radius 3 is 2.79 bits per heavy atom. The average molecular weight is 394 g/mol. The molecule has 0 radical (unpaired) electrons. The van der Waals surface area contributed by atoms with Gasteiger partial charge < -0.3 is 15.4 Å². The Morgan fingerprint density at radius 1 is 1.42 bits per heavy atom. The van der Waals surface area contributed by atoms with E-state index in [1.165, 1.54) is 0 Å². The molecule has 19 heavy (non-hydrogen) atoms. The van der Waals surface area contributed by atoms with Gasteiger partial charge in [0.1, 0.15) is 0 Å². The lowest BCUT2D eigenvalue weighted by atomic mass is 10.1. The van der Waals surface area contributed by atoms with E-state index < -0.39 is 0 Å². The van der Waals surface area contributed by atoms with Gasteiger partial charge in [-0.2, -0.15) is 0 Å². The van der Waals surface area contributed by atoms with Crippen LogP contribution in [0.25, 0.3) is 0 Å². The van der Waals surface area contributed by atoms with Crippen molar-refractivity contribution in [2.75, 3.05) is 26.8 Å². The van der Waals surface area contributed by atoms with Crippen molar-refractivity contribution in [1.82, 2.24) is 10.6 Å². The summed E-state index contributed by atoms with van der Waals surface area (Å²) in [5.74, 6) is -0.0304. The molecule has 1 aromatic rings. The first-order valence-corrected chi connectivity index (χ1v) is 7.57. The third-order valence-electron chi connectivity index (χ3n) is 2.63. The second-order valence-electron chi connectivity index (χ2n) is 4.11. The molecule has 0 aliphatic rings. The van der Waals surface area contributed by atoms with Gasteiger partial charge in [0, 0.05) is 28.6 Å². The molecule has 0 heterocycles. The first kappa shape index (κ1) is 16.6. The molecule has 0 aliphatic heterocycles. The van der Waals surface area contributed by atoms with Crippen LogP contribution in [0.15, 0.2) is 27.1 Å². The molecule has 6 heteroatoms. The Kier molecular flexibility index (Phi) is 7.60. The molecule has 0 aliphatic carbocycles. The third-order valence-corrected chi connectivity index (χ3v) is 3.81. The maximum atomic E-state index is 11.5. The van der Waals surface area contributed by atoms with Gasteiger partial charge >= 0.3 is 0 Å². The molecule has 2 N–H and O–H groups in total. The van der Waals surface area contributed by atoms with Crippen LogP contribution in [0, 0.1) is 0 Å². The zero-order valence-corrected chi connectivity index (χ0v) is 14.2. The van der Waals surface area contributed by atoms with Crippen LogP contribution in [-0.2, 0) is 9.53 Å². The average Bonchev–Trinajstić information content (AvgIpc) is 2.36. The SMILES string of the molecule is COCCNC(=O)CNC(C)c1ccc(Br)cc1Br. The van der Waals surface area contributed by atoms with E-state index in [0.29, 0.717) is 13.2 Å². The van der Waals surface area contributed by atoms with E-state index in [-0.39, 0.29) is 18.5 Å². The zero-order valence-electron chi connectivity index (χ0n) is 11.0. The number of nitrogens with one attached hydrogen (secondary N) is 2. The molecule has 0 bridgehead atoms. The summed E-state index contributed by atoms with van der Waals surface area (Å²) >= 11 is 6.94. The number of halogens is 2. The lowest BCUT2D eigenvalue weighted by molar-refractivity contribution is -0.120. The van der Waals surface area contributed by atoms with Crippen molar-refractivity contribution in [3.05, 3.63) is 32.7 Å². The summed E-state index contributed by atoms with van der Waals surface area (Å²) in [7, 11) is 1.61. The van der Waals surface area contributed by atoms with Gasteiger partial charge in [0.25, 0.3) is 0 Å². The predicted molar refractivity (Wildman–Crippen MR) is 83.1 cm³/mol. The van der Waals surface area contributed by atoms with Gasteiger partial charge in [-0.3, -0.25) is 4.79 Å². The number of methoxy groups -OCH3 is 1. The Hall–Kier alpha value is -0.430. The van der Waals surface area contributed by atoms with Crippen LogP contribution in [0.1, 0.15) is 18.5 Å². The molecule has 0 spiro atoms. The molecule has 106 valence electrons. The first-order valence-electron chi connectivity index (χ1n) is 5.98. The minimum atomic E-state index is -0.0304. The molecule has 0 saturated heterocycles. The summed E-state index contributed by atoms with van der Waals surface area (Å²) in [5.41, 5.74) is 1.12. The van der Waals surface area contributed by atoms with Gasteiger partial charge in [-0.15, -0.1) is 0 Å². The summed E-state index contributed by atoms with van der Waals surface area (Å²) in [6, 6.07) is 6.09. The summed E-state index contributed by atoms with van der Waals surface area (Å²) in [5, 5.41) is 5.96. The maximum Gasteiger partial charge on any atom is 0.234 e. The van der Waals surface area contributed by atoms with Gasteiger partial charge in [0.15, 0.2) is 0 Å². The molecule has 1 aromatic carbocycles. The van der Waals surface area contributed by atoms with Crippen molar-refractivity contribution in [2.45, 2.75) is 13.0 Å². The molecular weight excluding hydrogens is 376 g/mol. The zero-order chi connectivity index (χ0) is 14.3. The van der Waals surface area contributed by atoms with Crippen LogP contribution < -0.4 is 10.6 Å². The van der Waals surface area contributed by atoms with Crippen molar-refractivity contribution in [2.24, 2.45) is 0 Å². The summed E-state index contributed by atoms with van der Waals surface area (Å²) in [6.07, 6.45) is 0. The van der Waals surface area contributed by atoms with Crippen LogP contribution in [0.3, 0.4) is 0 Å². The molecule has 4 nitrogen and oxygen atoms in total. The van der Waals surface area contributed by atoms with Gasteiger partial charge in [-0.05, 0) is 24.6 Å². The smallest absolute Gasteiger partial charge is 0.234 e. The number of hydrogen-bond acceptors (Lipinski definition) is 3. The molecular formula is C13H18Br2N2O2. The minimum absolute atomic E-state index is 0.0304. The Balaban J connectivity index is 2.42. The fourth-order valence-corrected chi connectivity index (χ4v) is 2.95. The van der Waals surface area contributed by atoms with Crippen molar-refractivity contribution >= 4 is 37.8 Å². The summed E-state index contributed by atoms with van der Waals surface area (Å²) in [4.78, 5) is 11.5. The Labute approximate surface area is 130 Å². The van der Waals surface area contributed by atoms with E-state index in [0.717, 1.165) is 14.5 Å². The van der Waals surface area contributed by atoms with Gasteiger partial charge in [-0.25, -0.2) is 0 Å². The minimum Gasteiger partial charge on any atom is -0.383 e. The van der Waals surface area contributed by atoms with Crippen LogP contribution in [0.2, 0.25) is 0 Å². The number of amides is 1. The second kappa shape index (κ2) is 8.68. The standard InChI is InChI=1S/C13H18Br2N2O2/c1-9(11-4-3-10(14)7-12(11)15)17-8-13(18)16-5-6-19-2/h3-4,7,9,17H,5-6,8H2,1-2H3,(H,16,18). The van der Waals surface area contributed by atoms with Crippen LogP contribution in [0.4, 0.5) is 0 Å². The van der Waals surface area contributed by atoms with E-state index in [1.807, 2.05) is 25.1 Å². The Morgan fingerprint density at radius 2 is 2.16 bits per heavy atom. The van der Waals surface area contributed by atoms with Crippen LogP contribution >= 0.6 is 31.9 Å². The van der Waals surface area contributed by atoms with Crippen molar-refractivity contribution in [3.63, 3.8) is 0 Å². The molecule has 1 atom stereocenters. The fourth-order valence-electron chi connectivity index (χ4n) is 1.56. The largest absolute Gasteiger partial charge is 0.383 e. The van der Waals surface area contributed by atoms with E-state index in [1.54, 1.807) is 7.11 Å². The summed E-state index contributed by atoms with van der Waals surface area (Å²) < 4.78 is 6.90. The monoisotopic (exact) mass is 392 g/mol. The highest BCUT2D eigenvalue weighted by Gasteiger charge is 2.10. The number of carbonyl (C=O) groups excluding carboxylic acids is 1. The van der Waals surface area contributed by atoms with Crippen molar-refractivity contribution < 1.29 is 9.53 Å². The lowest BCUT2D eigenvalue weighted by Gasteiger charge is -2.16. The number of rotatable bonds is 7. The van der Waals surface area contributed by atoms with Crippen molar-refractivity contribution in [1.29, 1.82) is 0 Å². The van der Waals surface area contributed by atoms with Crippen molar-refractivity contribution in [3.8, 4) is 0 Å². The Bertz CT molecular complexity index is 427. The van der Waals surface area contributed by atoms with E-state index >= 15 is 0 Å². The highest BCUT2D eigenvalue weighted by atomic mass is 79.9. The molecule has 1 rings (SSSR count). The van der Waals surface area contributed by atoms with Crippen LogP contribution in [-0.4, -0.2) is 32.7 Å². The first-order chi connectivity index (χ1) is 9.04. The molecule has 0 fully saturated rings. The maximum absolute atomic E-state index is 11.5.